The number of hydrogen-bond acceptors (Lipinski definition) is 7. The highest BCUT2D eigenvalue weighted by Crippen LogP contribution is 2.34. The molecule has 0 radical (unpaired) electrons. The molecule has 3 rings (SSSR count). The minimum absolute atomic E-state index is 0.133. The first kappa shape index (κ1) is 22.3. The number of pyridine rings is 1. The topological polar surface area (TPSA) is 92.5 Å². The first-order valence-electron chi connectivity index (χ1n) is 9.75. The Morgan fingerprint density at radius 2 is 1.68 bits per heavy atom. The van der Waals surface area contributed by atoms with Crippen LogP contribution in [0.5, 0.6) is 0 Å². The Labute approximate surface area is 180 Å². The van der Waals surface area contributed by atoms with Gasteiger partial charge in [-0.05, 0) is 26.0 Å². The number of aromatic nitrogens is 3. The molecular formula is C23H25N3O5. The van der Waals surface area contributed by atoms with Crippen LogP contribution in [0.1, 0.15) is 42.2 Å². The van der Waals surface area contributed by atoms with E-state index in [9.17, 15) is 9.59 Å². The van der Waals surface area contributed by atoms with E-state index in [0.717, 1.165) is 5.56 Å². The van der Waals surface area contributed by atoms with Crippen LogP contribution in [0.25, 0.3) is 22.5 Å². The van der Waals surface area contributed by atoms with Crippen LogP contribution in [0.2, 0.25) is 0 Å². The van der Waals surface area contributed by atoms with Gasteiger partial charge in [0.05, 0.1) is 30.1 Å². The average Bonchev–Trinajstić information content (AvgIpc) is 2.79. The Bertz CT molecular complexity index is 1120. The second-order valence-corrected chi connectivity index (χ2v) is 7.07. The lowest BCUT2D eigenvalue weighted by molar-refractivity contribution is -0.109. The van der Waals surface area contributed by atoms with E-state index in [2.05, 4.69) is 5.10 Å². The van der Waals surface area contributed by atoms with E-state index in [1.54, 1.807) is 12.1 Å². The zero-order chi connectivity index (χ0) is 22.5. The molecule has 0 aliphatic carbocycles. The molecule has 1 aromatic carbocycles. The van der Waals surface area contributed by atoms with Gasteiger partial charge in [0.1, 0.15) is 5.69 Å². The SMILES string of the molecule is COC(=O)c1cc(-c2ccc(=O)n(C(C)C)n2)c(-c2ccccc2)nc1C(OC)OC. The predicted octanol–water partition coefficient (Wildman–Crippen LogP) is 3.63. The van der Waals surface area contributed by atoms with Crippen LogP contribution >= 0.6 is 0 Å². The van der Waals surface area contributed by atoms with Gasteiger partial charge in [0.2, 0.25) is 6.29 Å². The highest BCUT2D eigenvalue weighted by molar-refractivity contribution is 5.94. The molecule has 0 fully saturated rings. The van der Waals surface area contributed by atoms with Crippen LogP contribution in [0.3, 0.4) is 0 Å². The molecule has 3 aromatic rings. The Morgan fingerprint density at radius 1 is 1.00 bits per heavy atom. The maximum atomic E-state index is 12.6. The normalized spacial score (nSPS) is 11.2. The van der Waals surface area contributed by atoms with Gasteiger partial charge in [-0.15, -0.1) is 0 Å². The molecule has 0 aliphatic rings. The summed E-state index contributed by atoms with van der Waals surface area (Å²) in [6.07, 6.45) is -0.872. The maximum absolute atomic E-state index is 12.6. The summed E-state index contributed by atoms with van der Waals surface area (Å²) in [6.45, 7) is 3.75. The van der Waals surface area contributed by atoms with Crippen molar-refractivity contribution in [2.45, 2.75) is 26.2 Å². The first-order chi connectivity index (χ1) is 14.9. The van der Waals surface area contributed by atoms with E-state index in [0.29, 0.717) is 17.0 Å². The lowest BCUT2D eigenvalue weighted by atomic mass is 9.99. The quantitative estimate of drug-likeness (QED) is 0.423. The van der Waals surface area contributed by atoms with Gasteiger partial charge in [-0.25, -0.2) is 14.5 Å². The number of hydrogen-bond donors (Lipinski definition) is 0. The predicted molar refractivity (Wildman–Crippen MR) is 116 cm³/mol. The third kappa shape index (κ3) is 4.55. The van der Waals surface area contributed by atoms with E-state index in [1.807, 2.05) is 44.2 Å². The molecule has 0 atom stereocenters. The molecule has 8 nitrogen and oxygen atoms in total. The molecule has 162 valence electrons. The summed E-state index contributed by atoms with van der Waals surface area (Å²) in [5, 5.41) is 4.52. The highest BCUT2D eigenvalue weighted by atomic mass is 16.7. The zero-order valence-electron chi connectivity index (χ0n) is 18.2. The van der Waals surface area contributed by atoms with E-state index < -0.39 is 12.3 Å². The Hall–Kier alpha value is -3.36. The molecule has 0 amide bonds. The number of esters is 1. The van der Waals surface area contributed by atoms with Gasteiger partial charge in [0.25, 0.3) is 5.56 Å². The summed E-state index contributed by atoms with van der Waals surface area (Å²) in [6, 6.07) is 14.1. The van der Waals surface area contributed by atoms with Gasteiger partial charge in [-0.3, -0.25) is 4.79 Å². The van der Waals surface area contributed by atoms with Gasteiger partial charge in [0, 0.05) is 31.4 Å². The molecule has 0 saturated heterocycles. The molecule has 0 bridgehead atoms. The molecule has 0 unspecified atom stereocenters. The second kappa shape index (κ2) is 9.63. The fraction of sp³-hybridized carbons (Fsp3) is 0.304. The van der Waals surface area contributed by atoms with Crippen LogP contribution in [0, 0.1) is 0 Å². The van der Waals surface area contributed by atoms with Crippen molar-refractivity contribution in [3.8, 4) is 22.5 Å². The molecule has 0 saturated carbocycles. The molecule has 0 N–H and O–H groups in total. The largest absolute Gasteiger partial charge is 0.465 e. The molecule has 2 aromatic heterocycles. The van der Waals surface area contributed by atoms with Crippen molar-refractivity contribution in [1.29, 1.82) is 0 Å². The Morgan fingerprint density at radius 3 is 2.26 bits per heavy atom. The van der Waals surface area contributed by atoms with Crippen molar-refractivity contribution in [2.75, 3.05) is 21.3 Å². The monoisotopic (exact) mass is 423 g/mol. The third-order valence-electron chi connectivity index (χ3n) is 4.75. The fourth-order valence-electron chi connectivity index (χ4n) is 3.25. The van der Waals surface area contributed by atoms with Crippen molar-refractivity contribution in [2.24, 2.45) is 0 Å². The van der Waals surface area contributed by atoms with Crippen molar-refractivity contribution in [1.82, 2.24) is 14.8 Å². The van der Waals surface area contributed by atoms with Crippen molar-refractivity contribution in [3.63, 3.8) is 0 Å². The van der Waals surface area contributed by atoms with Gasteiger partial charge < -0.3 is 14.2 Å². The van der Waals surface area contributed by atoms with E-state index in [1.165, 1.54) is 32.1 Å². The number of benzene rings is 1. The molecule has 2 heterocycles. The van der Waals surface area contributed by atoms with Crippen LogP contribution in [-0.2, 0) is 14.2 Å². The first-order valence-corrected chi connectivity index (χ1v) is 9.75. The van der Waals surface area contributed by atoms with Gasteiger partial charge in [-0.1, -0.05) is 30.3 Å². The lowest BCUT2D eigenvalue weighted by Gasteiger charge is -2.19. The highest BCUT2D eigenvalue weighted by Gasteiger charge is 2.26. The van der Waals surface area contributed by atoms with Crippen LogP contribution in [0.4, 0.5) is 0 Å². The summed E-state index contributed by atoms with van der Waals surface area (Å²) >= 11 is 0. The van der Waals surface area contributed by atoms with Crippen molar-refractivity contribution < 1.29 is 19.0 Å². The maximum Gasteiger partial charge on any atom is 0.339 e. The Kier molecular flexibility index (Phi) is 6.94. The summed E-state index contributed by atoms with van der Waals surface area (Å²) in [4.78, 5) is 29.6. The third-order valence-corrected chi connectivity index (χ3v) is 4.75. The number of rotatable bonds is 7. The standard InChI is InChI=1S/C23H25N3O5/c1-14(2)26-19(27)12-11-18(25-26)16-13-17(22(28)29-3)21(23(30-4)31-5)24-20(16)15-9-7-6-8-10-15/h6-14,23H,1-5H3. The van der Waals surface area contributed by atoms with Crippen molar-refractivity contribution in [3.05, 3.63) is 70.1 Å². The second-order valence-electron chi connectivity index (χ2n) is 7.07. The number of carbonyl (C=O) groups is 1. The zero-order valence-corrected chi connectivity index (χ0v) is 18.2. The lowest BCUT2D eigenvalue weighted by Crippen LogP contribution is -2.24. The molecule has 8 heteroatoms. The molecule has 0 aliphatic heterocycles. The minimum atomic E-state index is -0.872. The minimum Gasteiger partial charge on any atom is -0.465 e. The summed E-state index contributed by atoms with van der Waals surface area (Å²) < 4.78 is 17.1. The number of carbonyl (C=O) groups excluding carboxylic acids is 1. The summed E-state index contributed by atoms with van der Waals surface area (Å²) in [5.41, 5.74) is 2.73. The van der Waals surface area contributed by atoms with E-state index in [4.69, 9.17) is 19.2 Å². The summed E-state index contributed by atoms with van der Waals surface area (Å²) in [5.74, 6) is -0.584. The summed E-state index contributed by atoms with van der Waals surface area (Å²) in [7, 11) is 4.23. The van der Waals surface area contributed by atoms with Crippen molar-refractivity contribution >= 4 is 5.97 Å². The molecule has 0 spiro atoms. The smallest absolute Gasteiger partial charge is 0.339 e. The van der Waals surface area contributed by atoms with E-state index >= 15 is 0 Å². The van der Waals surface area contributed by atoms with E-state index in [-0.39, 0.29) is 22.9 Å². The Balaban J connectivity index is 2.37. The van der Waals surface area contributed by atoms with Gasteiger partial charge >= 0.3 is 5.97 Å². The fourth-order valence-corrected chi connectivity index (χ4v) is 3.25. The average molecular weight is 423 g/mol. The van der Waals surface area contributed by atoms with Crippen LogP contribution < -0.4 is 5.56 Å². The van der Waals surface area contributed by atoms with Gasteiger partial charge in [-0.2, -0.15) is 5.10 Å². The van der Waals surface area contributed by atoms with Gasteiger partial charge in [0.15, 0.2) is 0 Å². The van der Waals surface area contributed by atoms with Crippen LogP contribution in [-0.4, -0.2) is 42.1 Å². The van der Waals surface area contributed by atoms with Crippen LogP contribution in [0.15, 0.2) is 53.3 Å². The number of methoxy groups -OCH3 is 3. The number of nitrogens with zero attached hydrogens (tertiary/aromatic N) is 3. The molecular weight excluding hydrogens is 398 g/mol. The molecule has 31 heavy (non-hydrogen) atoms. The number of ether oxygens (including phenoxy) is 3.